The van der Waals surface area contributed by atoms with E-state index in [1.165, 1.54) is 0 Å². The Balaban J connectivity index is 2.85. The van der Waals surface area contributed by atoms with Gasteiger partial charge in [0.15, 0.2) is 0 Å². The summed E-state index contributed by atoms with van der Waals surface area (Å²) in [7, 11) is -0.687. The van der Waals surface area contributed by atoms with Crippen molar-refractivity contribution in [2.45, 2.75) is 12.8 Å². The molecule has 0 spiro atoms. The van der Waals surface area contributed by atoms with E-state index in [4.69, 9.17) is 0 Å². The fourth-order valence-corrected chi connectivity index (χ4v) is 1.27. The molecule has 0 rings (SSSR count). The molecule has 11 heavy (non-hydrogen) atoms. The molecule has 0 heterocycles. The van der Waals surface area contributed by atoms with Gasteiger partial charge in [0, 0.05) is 22.8 Å². The van der Waals surface area contributed by atoms with Crippen molar-refractivity contribution >= 4 is 10.8 Å². The lowest BCUT2D eigenvalue weighted by molar-refractivity contribution is 0.459. The average Bonchev–Trinajstić information content (AvgIpc) is 1.96. The molecule has 68 valence electrons. The van der Waals surface area contributed by atoms with Crippen LogP contribution in [0.15, 0.2) is 0 Å². The van der Waals surface area contributed by atoms with E-state index in [0.29, 0.717) is 6.42 Å². The van der Waals surface area contributed by atoms with Gasteiger partial charge in [-0.2, -0.15) is 0 Å². The Morgan fingerprint density at radius 3 is 2.55 bits per heavy atom. The number of hydrogen-bond acceptors (Lipinski definition) is 2. The van der Waals surface area contributed by atoms with E-state index in [0.717, 1.165) is 25.3 Å². The maximum Gasteiger partial charge on any atom is 0.0906 e. The fraction of sp³-hybridized carbons (Fsp3) is 1.00. The molecule has 2 nitrogen and oxygen atoms in total. The van der Waals surface area contributed by atoms with Crippen LogP contribution in [-0.2, 0) is 10.8 Å². The van der Waals surface area contributed by atoms with Crippen LogP contribution in [0.25, 0.3) is 0 Å². The molecule has 0 aliphatic rings. The Morgan fingerprint density at radius 2 is 2.00 bits per heavy atom. The molecule has 0 aromatic rings. The first-order valence-corrected chi connectivity index (χ1v) is 5.57. The van der Waals surface area contributed by atoms with Crippen molar-refractivity contribution in [1.82, 2.24) is 5.32 Å². The van der Waals surface area contributed by atoms with Crippen LogP contribution in [0.1, 0.15) is 12.8 Å². The third-order valence-corrected chi connectivity index (χ3v) is 2.14. The lowest BCUT2D eigenvalue weighted by Crippen LogP contribution is -2.18. The molecular formula is C7H16FNOS. The molecule has 1 N–H and O–H groups in total. The Morgan fingerprint density at radius 1 is 1.36 bits per heavy atom. The number of hydrogen-bond donors (Lipinski definition) is 1. The highest BCUT2D eigenvalue weighted by Crippen LogP contribution is 1.82. The summed E-state index contributed by atoms with van der Waals surface area (Å²) in [4.78, 5) is 0. The summed E-state index contributed by atoms with van der Waals surface area (Å²) in [5.41, 5.74) is 0. The van der Waals surface area contributed by atoms with Gasteiger partial charge in [0.25, 0.3) is 0 Å². The molecular weight excluding hydrogens is 165 g/mol. The second kappa shape index (κ2) is 8.14. The average molecular weight is 181 g/mol. The van der Waals surface area contributed by atoms with Crippen molar-refractivity contribution in [2.75, 3.05) is 31.8 Å². The fourth-order valence-electron chi connectivity index (χ4n) is 0.717. The summed E-state index contributed by atoms with van der Waals surface area (Å²) in [6.07, 6.45) is 3.19. The van der Waals surface area contributed by atoms with Gasteiger partial charge < -0.3 is 5.32 Å². The van der Waals surface area contributed by atoms with Gasteiger partial charge in [-0.05, 0) is 25.9 Å². The second-order valence-electron chi connectivity index (χ2n) is 2.42. The van der Waals surface area contributed by atoms with Crippen molar-refractivity contribution in [2.24, 2.45) is 0 Å². The third kappa shape index (κ3) is 10.0. The zero-order valence-corrected chi connectivity index (χ0v) is 7.75. The molecule has 0 radical (unpaired) electrons. The van der Waals surface area contributed by atoms with Gasteiger partial charge in [-0.1, -0.05) is 0 Å². The van der Waals surface area contributed by atoms with E-state index >= 15 is 0 Å². The number of nitrogens with one attached hydrogen (secondary N) is 1. The summed E-state index contributed by atoms with van der Waals surface area (Å²) >= 11 is 0. The number of halogens is 1. The van der Waals surface area contributed by atoms with Gasteiger partial charge in [0.1, 0.15) is 0 Å². The molecule has 1 atom stereocenters. The van der Waals surface area contributed by atoms with Crippen LogP contribution in [0.3, 0.4) is 0 Å². The van der Waals surface area contributed by atoms with E-state index in [2.05, 4.69) is 5.32 Å². The summed E-state index contributed by atoms with van der Waals surface area (Å²) in [5, 5.41) is 3.07. The highest BCUT2D eigenvalue weighted by molar-refractivity contribution is 7.84. The second-order valence-corrected chi connectivity index (χ2v) is 3.98. The Hall–Kier alpha value is 0.0400. The van der Waals surface area contributed by atoms with E-state index in [1.807, 2.05) is 0 Å². The van der Waals surface area contributed by atoms with Crippen LogP contribution in [0.4, 0.5) is 4.39 Å². The molecule has 0 amide bonds. The zero-order chi connectivity index (χ0) is 8.53. The van der Waals surface area contributed by atoms with E-state index in [-0.39, 0.29) is 6.67 Å². The van der Waals surface area contributed by atoms with Gasteiger partial charge in [0.05, 0.1) is 6.67 Å². The lowest BCUT2D eigenvalue weighted by Gasteiger charge is -2.00. The third-order valence-electron chi connectivity index (χ3n) is 1.27. The summed E-state index contributed by atoms with van der Waals surface area (Å²) in [5.74, 6) is 0.739. The van der Waals surface area contributed by atoms with Crippen LogP contribution >= 0.6 is 0 Å². The summed E-state index contributed by atoms with van der Waals surface area (Å²) in [6, 6.07) is 0. The normalized spacial score (nSPS) is 13.3. The van der Waals surface area contributed by atoms with Gasteiger partial charge in [-0.25, -0.2) is 0 Å². The van der Waals surface area contributed by atoms with E-state index in [1.54, 1.807) is 6.26 Å². The van der Waals surface area contributed by atoms with Crippen molar-refractivity contribution in [3.63, 3.8) is 0 Å². The summed E-state index contributed by atoms with van der Waals surface area (Å²) < 4.78 is 22.1. The molecule has 0 saturated carbocycles. The minimum absolute atomic E-state index is 0.257. The van der Waals surface area contributed by atoms with Gasteiger partial charge >= 0.3 is 0 Å². The minimum atomic E-state index is -0.687. The Kier molecular flexibility index (Phi) is 8.17. The molecule has 0 fully saturated rings. The molecule has 4 heteroatoms. The Bertz CT molecular complexity index is 111. The first-order valence-electron chi connectivity index (χ1n) is 3.84. The SMILES string of the molecule is CS(=O)CCCNCCCF. The van der Waals surface area contributed by atoms with Crippen LogP contribution < -0.4 is 5.32 Å². The highest BCUT2D eigenvalue weighted by atomic mass is 32.2. The molecule has 0 aromatic heterocycles. The maximum atomic E-state index is 11.5. The largest absolute Gasteiger partial charge is 0.317 e. The van der Waals surface area contributed by atoms with Crippen molar-refractivity contribution in [3.8, 4) is 0 Å². The number of alkyl halides is 1. The maximum absolute atomic E-state index is 11.5. The van der Waals surface area contributed by atoms with Crippen LogP contribution in [0, 0.1) is 0 Å². The molecule has 0 aromatic carbocycles. The van der Waals surface area contributed by atoms with Gasteiger partial charge in [-0.15, -0.1) is 0 Å². The lowest BCUT2D eigenvalue weighted by atomic mass is 10.4. The minimum Gasteiger partial charge on any atom is -0.317 e. The topological polar surface area (TPSA) is 29.1 Å². The van der Waals surface area contributed by atoms with Crippen molar-refractivity contribution in [1.29, 1.82) is 0 Å². The molecule has 0 bridgehead atoms. The molecule has 1 unspecified atom stereocenters. The predicted octanol–water partition coefficient (Wildman–Crippen LogP) is 0.704. The zero-order valence-electron chi connectivity index (χ0n) is 6.94. The van der Waals surface area contributed by atoms with Crippen molar-refractivity contribution in [3.05, 3.63) is 0 Å². The molecule has 0 aliphatic carbocycles. The first-order chi connectivity index (χ1) is 5.27. The van der Waals surface area contributed by atoms with Crippen LogP contribution in [-0.4, -0.2) is 36.0 Å². The van der Waals surface area contributed by atoms with Crippen LogP contribution in [0.5, 0.6) is 0 Å². The number of rotatable bonds is 7. The summed E-state index contributed by atoms with van der Waals surface area (Å²) in [6.45, 7) is 1.32. The van der Waals surface area contributed by atoms with E-state index < -0.39 is 10.8 Å². The Labute approximate surface area is 70.0 Å². The van der Waals surface area contributed by atoms with Crippen molar-refractivity contribution < 1.29 is 8.60 Å². The molecule has 0 aliphatic heterocycles. The first kappa shape index (κ1) is 11.0. The molecule has 0 saturated heterocycles. The van der Waals surface area contributed by atoms with Crippen LogP contribution in [0.2, 0.25) is 0 Å². The standard InChI is InChI=1S/C7H16FNOS/c1-11(10)7-3-6-9-5-2-4-8/h9H,2-7H2,1H3. The van der Waals surface area contributed by atoms with E-state index in [9.17, 15) is 8.60 Å². The predicted molar refractivity (Wildman–Crippen MR) is 47.0 cm³/mol. The van der Waals surface area contributed by atoms with Gasteiger partial charge in [-0.3, -0.25) is 8.60 Å². The van der Waals surface area contributed by atoms with Gasteiger partial charge in [0.2, 0.25) is 0 Å². The highest BCUT2D eigenvalue weighted by Gasteiger charge is 1.90. The smallest absolute Gasteiger partial charge is 0.0906 e. The monoisotopic (exact) mass is 181 g/mol. The quantitative estimate of drug-likeness (QED) is 0.586.